The van der Waals surface area contributed by atoms with Gasteiger partial charge in [-0.15, -0.1) is 11.3 Å². The van der Waals surface area contributed by atoms with E-state index in [1.54, 1.807) is 11.7 Å². The van der Waals surface area contributed by atoms with Crippen LogP contribution in [0.15, 0.2) is 30.0 Å². The van der Waals surface area contributed by atoms with Crippen molar-refractivity contribution in [3.63, 3.8) is 0 Å². The Morgan fingerprint density at radius 3 is 2.85 bits per heavy atom. The quantitative estimate of drug-likeness (QED) is 0.740. The molecule has 3 aromatic rings. The highest BCUT2D eigenvalue weighted by Crippen LogP contribution is 2.26. The normalized spacial score (nSPS) is 14.8. The lowest BCUT2D eigenvalue weighted by molar-refractivity contribution is -0.131. The van der Waals surface area contributed by atoms with Crippen molar-refractivity contribution in [2.75, 3.05) is 36.8 Å². The molecule has 0 aromatic carbocycles. The summed E-state index contributed by atoms with van der Waals surface area (Å²) in [7, 11) is 0. The molecule has 0 atom stereocenters. The van der Waals surface area contributed by atoms with Gasteiger partial charge in [-0.25, -0.2) is 9.97 Å². The molecule has 26 heavy (non-hydrogen) atoms. The Hall–Kier alpha value is -2.81. The molecule has 1 saturated heterocycles. The number of hydrogen-bond acceptors (Lipinski definition) is 8. The number of nitrogens with zero attached hydrogens (tertiary/aromatic N) is 6. The first-order chi connectivity index (χ1) is 12.7. The highest BCUT2D eigenvalue weighted by atomic mass is 32.1. The number of piperazine rings is 1. The molecule has 1 aliphatic heterocycles. The van der Waals surface area contributed by atoms with Crippen LogP contribution in [0.4, 0.5) is 11.8 Å². The number of aryl methyl sites for hydroxylation is 1. The minimum absolute atomic E-state index is 0.175. The topological polar surface area (TPSA) is 101 Å². The molecular weight excluding hydrogens is 350 g/mol. The van der Waals surface area contributed by atoms with Crippen LogP contribution >= 0.6 is 11.3 Å². The highest BCUT2D eigenvalue weighted by Gasteiger charge is 2.24. The molecule has 2 N–H and O–H groups in total. The first-order valence-electron chi connectivity index (χ1n) is 8.49. The van der Waals surface area contributed by atoms with Crippen LogP contribution in [-0.4, -0.2) is 56.9 Å². The van der Waals surface area contributed by atoms with Gasteiger partial charge in [0.1, 0.15) is 5.52 Å². The number of thiazole rings is 1. The van der Waals surface area contributed by atoms with E-state index in [0.717, 1.165) is 28.1 Å². The van der Waals surface area contributed by atoms with Crippen LogP contribution in [0, 0.1) is 0 Å². The van der Waals surface area contributed by atoms with Crippen LogP contribution in [0.3, 0.4) is 0 Å². The van der Waals surface area contributed by atoms with Crippen LogP contribution in [0.2, 0.25) is 0 Å². The Morgan fingerprint density at radius 1 is 1.23 bits per heavy atom. The average molecular weight is 369 g/mol. The van der Waals surface area contributed by atoms with E-state index in [4.69, 9.17) is 5.73 Å². The Balaban J connectivity index is 1.37. The molecule has 0 aliphatic carbocycles. The maximum Gasteiger partial charge on any atom is 0.223 e. The van der Waals surface area contributed by atoms with E-state index in [-0.39, 0.29) is 11.9 Å². The second-order valence-electron chi connectivity index (χ2n) is 6.14. The zero-order chi connectivity index (χ0) is 17.9. The van der Waals surface area contributed by atoms with Gasteiger partial charge in [-0.3, -0.25) is 9.78 Å². The number of rotatable bonds is 4. The summed E-state index contributed by atoms with van der Waals surface area (Å²) in [5, 5.41) is 0. The van der Waals surface area contributed by atoms with Gasteiger partial charge in [-0.2, -0.15) is 4.98 Å². The molecule has 0 spiro atoms. The lowest BCUT2D eigenvalue weighted by atomic mass is 10.1. The number of nitrogen functional groups attached to an aromatic ring is 1. The second-order valence-corrected chi connectivity index (χ2v) is 6.97. The number of pyridine rings is 1. The van der Waals surface area contributed by atoms with Gasteiger partial charge in [-0.05, 0) is 18.1 Å². The maximum absolute atomic E-state index is 12.5. The van der Waals surface area contributed by atoms with Gasteiger partial charge in [0, 0.05) is 45.0 Å². The van der Waals surface area contributed by atoms with Crippen molar-refractivity contribution < 1.29 is 4.79 Å². The summed E-state index contributed by atoms with van der Waals surface area (Å²) in [6.07, 6.45) is 4.77. The molecule has 1 fully saturated rings. The van der Waals surface area contributed by atoms with Gasteiger partial charge in [0.25, 0.3) is 0 Å². The zero-order valence-electron chi connectivity index (χ0n) is 14.2. The predicted octanol–water partition coefficient (Wildman–Crippen LogP) is 1.34. The first kappa shape index (κ1) is 16.6. The summed E-state index contributed by atoms with van der Waals surface area (Å²) in [4.78, 5) is 34.3. The molecule has 0 unspecified atom stereocenters. The third-order valence-corrected chi connectivity index (χ3v) is 5.20. The first-order valence-corrected chi connectivity index (χ1v) is 9.37. The zero-order valence-corrected chi connectivity index (χ0v) is 15.0. The van der Waals surface area contributed by atoms with Gasteiger partial charge in [-0.1, -0.05) is 6.07 Å². The van der Waals surface area contributed by atoms with Crippen LogP contribution in [0.25, 0.3) is 10.3 Å². The van der Waals surface area contributed by atoms with E-state index < -0.39 is 0 Å². The molecule has 4 rings (SSSR count). The summed E-state index contributed by atoms with van der Waals surface area (Å²) in [6, 6.07) is 3.89. The molecule has 9 heteroatoms. The fraction of sp³-hybridized carbons (Fsp3) is 0.353. The standard InChI is InChI=1S/C17H19N7OS/c18-17-21-15(14-16(22-17)26-11-20-14)24-8-6-23(7-9-24)13(25)4-3-12-2-1-5-19-10-12/h1-2,5,10-11H,3-4,6-9H2,(H2,18,21,22). The summed E-state index contributed by atoms with van der Waals surface area (Å²) in [5.41, 5.74) is 9.44. The van der Waals surface area contributed by atoms with Gasteiger partial charge in [0.15, 0.2) is 10.6 Å². The van der Waals surface area contributed by atoms with E-state index in [9.17, 15) is 4.79 Å². The number of nitrogens with two attached hydrogens (primary N) is 1. The fourth-order valence-electron chi connectivity index (χ4n) is 3.11. The smallest absolute Gasteiger partial charge is 0.223 e. The molecule has 0 saturated carbocycles. The van der Waals surface area contributed by atoms with E-state index >= 15 is 0 Å². The van der Waals surface area contributed by atoms with E-state index in [0.29, 0.717) is 32.6 Å². The number of carbonyl (C=O) groups excluding carboxylic acids is 1. The SMILES string of the molecule is Nc1nc(N2CCN(C(=O)CCc3cccnc3)CC2)c2ncsc2n1. The monoisotopic (exact) mass is 369 g/mol. The van der Waals surface area contributed by atoms with Crippen molar-refractivity contribution >= 4 is 39.4 Å². The highest BCUT2D eigenvalue weighted by molar-refractivity contribution is 7.16. The Kier molecular flexibility index (Phi) is 4.61. The van der Waals surface area contributed by atoms with Crippen molar-refractivity contribution in [2.24, 2.45) is 0 Å². The molecule has 1 amide bonds. The van der Waals surface area contributed by atoms with Crippen molar-refractivity contribution in [3.05, 3.63) is 35.6 Å². The van der Waals surface area contributed by atoms with Crippen molar-refractivity contribution in [1.29, 1.82) is 0 Å². The number of anilines is 2. The fourth-order valence-corrected chi connectivity index (χ4v) is 3.77. The minimum atomic E-state index is 0.175. The Labute approximate surface area is 154 Å². The van der Waals surface area contributed by atoms with Gasteiger partial charge in [0.2, 0.25) is 11.9 Å². The lowest BCUT2D eigenvalue weighted by Gasteiger charge is -2.35. The van der Waals surface area contributed by atoms with Crippen LogP contribution in [0.1, 0.15) is 12.0 Å². The van der Waals surface area contributed by atoms with E-state index in [1.807, 2.05) is 23.2 Å². The van der Waals surface area contributed by atoms with E-state index in [2.05, 4.69) is 24.8 Å². The molecule has 0 bridgehead atoms. The lowest BCUT2D eigenvalue weighted by Crippen LogP contribution is -2.49. The number of amides is 1. The average Bonchev–Trinajstić information content (AvgIpc) is 3.15. The number of fused-ring (bicyclic) bond motifs is 1. The largest absolute Gasteiger partial charge is 0.368 e. The molecule has 0 radical (unpaired) electrons. The maximum atomic E-state index is 12.5. The third-order valence-electron chi connectivity index (χ3n) is 4.48. The van der Waals surface area contributed by atoms with Gasteiger partial charge in [0.05, 0.1) is 5.51 Å². The Morgan fingerprint density at radius 2 is 2.08 bits per heavy atom. The number of hydrogen-bond donors (Lipinski definition) is 1. The molecular formula is C17H19N7OS. The van der Waals surface area contributed by atoms with Crippen LogP contribution in [0.5, 0.6) is 0 Å². The second kappa shape index (κ2) is 7.20. The van der Waals surface area contributed by atoms with E-state index in [1.165, 1.54) is 11.3 Å². The molecule has 8 nitrogen and oxygen atoms in total. The Bertz CT molecular complexity index is 906. The summed E-state index contributed by atoms with van der Waals surface area (Å²) in [6.45, 7) is 2.76. The van der Waals surface area contributed by atoms with Crippen molar-refractivity contribution in [3.8, 4) is 0 Å². The summed E-state index contributed by atoms with van der Waals surface area (Å²) >= 11 is 1.45. The van der Waals surface area contributed by atoms with Gasteiger partial charge >= 0.3 is 0 Å². The molecule has 1 aliphatic rings. The summed E-state index contributed by atoms with van der Waals surface area (Å²) in [5.74, 6) is 1.19. The summed E-state index contributed by atoms with van der Waals surface area (Å²) < 4.78 is 0. The van der Waals surface area contributed by atoms with Crippen molar-refractivity contribution in [2.45, 2.75) is 12.8 Å². The molecule has 134 valence electrons. The molecule has 3 aromatic heterocycles. The molecule has 4 heterocycles. The van der Waals surface area contributed by atoms with Crippen molar-refractivity contribution in [1.82, 2.24) is 24.8 Å². The van der Waals surface area contributed by atoms with Crippen LogP contribution in [-0.2, 0) is 11.2 Å². The predicted molar refractivity (Wildman–Crippen MR) is 101 cm³/mol. The number of aromatic nitrogens is 4. The van der Waals surface area contributed by atoms with Gasteiger partial charge < -0.3 is 15.5 Å². The van der Waals surface area contributed by atoms with Crippen LogP contribution < -0.4 is 10.6 Å². The third kappa shape index (κ3) is 3.43. The minimum Gasteiger partial charge on any atom is -0.368 e. The number of carbonyl (C=O) groups is 1.